The molecule has 0 atom stereocenters. The van der Waals surface area contributed by atoms with Gasteiger partial charge in [-0.15, -0.1) is 0 Å². The number of esters is 1. The van der Waals surface area contributed by atoms with E-state index in [2.05, 4.69) is 0 Å². The normalized spacial score (nSPS) is 15.7. The van der Waals surface area contributed by atoms with Crippen LogP contribution in [0.5, 0.6) is 5.75 Å². The molecule has 1 aliphatic carbocycles. The second-order valence-corrected chi connectivity index (χ2v) is 4.90. The summed E-state index contributed by atoms with van der Waals surface area (Å²) in [4.78, 5) is 11.8. The highest BCUT2D eigenvalue weighted by Crippen LogP contribution is 2.31. The fraction of sp³-hybridized carbons (Fsp3) is 0.533. The summed E-state index contributed by atoms with van der Waals surface area (Å²) in [7, 11) is 1.40. The minimum Gasteiger partial charge on any atom is -0.489 e. The fourth-order valence-corrected chi connectivity index (χ4v) is 2.39. The smallest absolute Gasteiger partial charge is 0.341 e. The number of hydrogen-bond acceptors (Lipinski definition) is 3. The van der Waals surface area contributed by atoms with Crippen molar-refractivity contribution in [3.05, 3.63) is 28.8 Å². The molecule has 18 heavy (non-hydrogen) atoms. The van der Waals surface area contributed by atoms with E-state index in [1.54, 1.807) is 6.07 Å². The summed E-state index contributed by atoms with van der Waals surface area (Å²) >= 11 is 0. The van der Waals surface area contributed by atoms with Crippen LogP contribution in [0, 0.1) is 13.8 Å². The van der Waals surface area contributed by atoms with Gasteiger partial charge in [0.2, 0.25) is 0 Å². The molecule has 1 fully saturated rings. The van der Waals surface area contributed by atoms with Gasteiger partial charge in [0.1, 0.15) is 11.3 Å². The maximum atomic E-state index is 11.8. The molecule has 1 aromatic carbocycles. The Hall–Kier alpha value is -1.51. The van der Waals surface area contributed by atoms with Crippen LogP contribution in [0.15, 0.2) is 12.1 Å². The Morgan fingerprint density at radius 3 is 2.50 bits per heavy atom. The van der Waals surface area contributed by atoms with E-state index in [9.17, 15) is 4.79 Å². The van der Waals surface area contributed by atoms with E-state index in [1.165, 1.54) is 20.0 Å². The number of benzene rings is 1. The van der Waals surface area contributed by atoms with Gasteiger partial charge in [0.15, 0.2) is 0 Å². The van der Waals surface area contributed by atoms with Gasteiger partial charge >= 0.3 is 5.97 Å². The summed E-state index contributed by atoms with van der Waals surface area (Å²) in [6, 6.07) is 3.72. The summed E-state index contributed by atoms with van der Waals surface area (Å²) in [6.45, 7) is 4.02. The van der Waals surface area contributed by atoms with Crippen molar-refractivity contribution in [3.8, 4) is 5.75 Å². The monoisotopic (exact) mass is 248 g/mol. The number of hydrogen-bond donors (Lipinski definition) is 0. The molecule has 1 aromatic rings. The number of rotatable bonds is 3. The Kier molecular flexibility index (Phi) is 3.90. The van der Waals surface area contributed by atoms with Crippen LogP contribution in [0.4, 0.5) is 0 Å². The van der Waals surface area contributed by atoms with Crippen molar-refractivity contribution < 1.29 is 14.3 Å². The van der Waals surface area contributed by atoms with Crippen LogP contribution in [0.3, 0.4) is 0 Å². The minimum atomic E-state index is -0.328. The Morgan fingerprint density at radius 2 is 1.89 bits per heavy atom. The quantitative estimate of drug-likeness (QED) is 0.769. The van der Waals surface area contributed by atoms with Gasteiger partial charge in [-0.25, -0.2) is 4.79 Å². The van der Waals surface area contributed by atoms with Crippen LogP contribution in [0.25, 0.3) is 0 Å². The van der Waals surface area contributed by atoms with E-state index in [0.717, 1.165) is 24.0 Å². The summed E-state index contributed by atoms with van der Waals surface area (Å²) in [5, 5.41) is 0. The third-order valence-corrected chi connectivity index (χ3v) is 3.67. The van der Waals surface area contributed by atoms with Gasteiger partial charge in [0.05, 0.1) is 13.2 Å². The first kappa shape index (κ1) is 12.9. The van der Waals surface area contributed by atoms with Crippen molar-refractivity contribution in [2.45, 2.75) is 45.6 Å². The van der Waals surface area contributed by atoms with Gasteiger partial charge in [-0.3, -0.25) is 0 Å². The molecule has 3 heteroatoms. The highest BCUT2D eigenvalue weighted by Gasteiger charge is 2.22. The molecule has 0 heterocycles. The second kappa shape index (κ2) is 5.42. The molecular weight excluding hydrogens is 228 g/mol. The second-order valence-electron chi connectivity index (χ2n) is 4.90. The molecule has 98 valence electrons. The molecule has 2 rings (SSSR count). The van der Waals surface area contributed by atoms with Crippen LogP contribution >= 0.6 is 0 Å². The number of methoxy groups -OCH3 is 1. The van der Waals surface area contributed by atoms with Crippen LogP contribution in [-0.4, -0.2) is 19.2 Å². The predicted octanol–water partition coefficient (Wildman–Crippen LogP) is 3.41. The average molecular weight is 248 g/mol. The first-order valence-corrected chi connectivity index (χ1v) is 6.48. The van der Waals surface area contributed by atoms with E-state index in [4.69, 9.17) is 9.47 Å². The highest BCUT2D eigenvalue weighted by molar-refractivity contribution is 5.93. The zero-order valence-corrected chi connectivity index (χ0v) is 11.3. The summed E-state index contributed by atoms with van der Waals surface area (Å²) in [5.41, 5.74) is 2.70. The molecule has 0 bridgehead atoms. The maximum Gasteiger partial charge on any atom is 0.341 e. The molecule has 0 spiro atoms. The van der Waals surface area contributed by atoms with Crippen molar-refractivity contribution in [3.63, 3.8) is 0 Å². The SMILES string of the molecule is COC(=O)c1ccc(C)c(C)c1OC1CCCC1. The van der Waals surface area contributed by atoms with E-state index in [0.29, 0.717) is 11.3 Å². The van der Waals surface area contributed by atoms with Crippen molar-refractivity contribution in [2.24, 2.45) is 0 Å². The predicted molar refractivity (Wildman–Crippen MR) is 70.1 cm³/mol. The van der Waals surface area contributed by atoms with Crippen molar-refractivity contribution in [1.29, 1.82) is 0 Å². The zero-order valence-electron chi connectivity index (χ0n) is 11.3. The number of ether oxygens (including phenoxy) is 2. The van der Waals surface area contributed by atoms with Gasteiger partial charge in [0, 0.05) is 0 Å². The molecule has 0 aliphatic heterocycles. The molecule has 0 N–H and O–H groups in total. The third kappa shape index (κ3) is 2.50. The lowest BCUT2D eigenvalue weighted by Gasteiger charge is -2.19. The number of aryl methyl sites for hydroxylation is 1. The standard InChI is InChI=1S/C15H20O3/c1-10-8-9-13(15(16)17-3)14(11(10)2)18-12-6-4-5-7-12/h8-9,12H,4-7H2,1-3H3. The summed E-state index contributed by atoms with van der Waals surface area (Å²) in [6.07, 6.45) is 4.82. The molecule has 0 amide bonds. The fourth-order valence-electron chi connectivity index (χ4n) is 2.39. The molecule has 1 saturated carbocycles. The van der Waals surface area contributed by atoms with E-state index < -0.39 is 0 Å². The van der Waals surface area contributed by atoms with Crippen LogP contribution in [-0.2, 0) is 4.74 Å². The van der Waals surface area contributed by atoms with Crippen LogP contribution < -0.4 is 4.74 Å². The van der Waals surface area contributed by atoms with Crippen LogP contribution in [0.1, 0.15) is 47.2 Å². The maximum absolute atomic E-state index is 11.8. The minimum absolute atomic E-state index is 0.244. The van der Waals surface area contributed by atoms with E-state index in [-0.39, 0.29) is 12.1 Å². The van der Waals surface area contributed by atoms with Gasteiger partial charge in [-0.2, -0.15) is 0 Å². The van der Waals surface area contributed by atoms with Crippen LogP contribution in [0.2, 0.25) is 0 Å². The molecule has 0 aromatic heterocycles. The molecule has 0 radical (unpaired) electrons. The van der Waals surface area contributed by atoms with Gasteiger partial charge in [0.25, 0.3) is 0 Å². The molecule has 1 aliphatic rings. The highest BCUT2D eigenvalue weighted by atomic mass is 16.5. The first-order chi connectivity index (χ1) is 8.63. The summed E-state index contributed by atoms with van der Waals surface area (Å²) < 4.78 is 10.9. The van der Waals surface area contributed by atoms with Crippen molar-refractivity contribution in [2.75, 3.05) is 7.11 Å². The average Bonchev–Trinajstić information content (AvgIpc) is 2.87. The Balaban J connectivity index is 2.34. The van der Waals surface area contributed by atoms with E-state index >= 15 is 0 Å². The Bertz CT molecular complexity index is 445. The topological polar surface area (TPSA) is 35.5 Å². The van der Waals surface area contributed by atoms with Gasteiger partial charge < -0.3 is 9.47 Å². The lowest BCUT2D eigenvalue weighted by molar-refractivity contribution is 0.0593. The van der Waals surface area contributed by atoms with Gasteiger partial charge in [-0.05, 0) is 56.7 Å². The van der Waals surface area contributed by atoms with Gasteiger partial charge in [-0.1, -0.05) is 6.07 Å². The number of carbonyl (C=O) groups is 1. The largest absolute Gasteiger partial charge is 0.489 e. The third-order valence-electron chi connectivity index (χ3n) is 3.67. The first-order valence-electron chi connectivity index (χ1n) is 6.48. The Morgan fingerprint density at radius 1 is 1.22 bits per heavy atom. The molecule has 3 nitrogen and oxygen atoms in total. The molecular formula is C15H20O3. The molecule has 0 saturated heterocycles. The van der Waals surface area contributed by atoms with Crippen molar-refractivity contribution in [1.82, 2.24) is 0 Å². The van der Waals surface area contributed by atoms with E-state index in [1.807, 2.05) is 19.9 Å². The molecule has 0 unspecified atom stereocenters. The van der Waals surface area contributed by atoms with Crippen molar-refractivity contribution >= 4 is 5.97 Å². The number of carbonyl (C=O) groups excluding carboxylic acids is 1. The summed E-state index contributed by atoms with van der Waals surface area (Å²) in [5.74, 6) is 0.375. The lowest BCUT2D eigenvalue weighted by Crippen LogP contribution is -2.15. The Labute approximate surface area is 108 Å². The lowest BCUT2D eigenvalue weighted by atomic mass is 10.0. The zero-order chi connectivity index (χ0) is 13.1.